The molecular formula is C16H10ClN3O4. The number of nitro groups is 1. The third-order valence-corrected chi connectivity index (χ3v) is 3.49. The van der Waals surface area contributed by atoms with Gasteiger partial charge in [-0.3, -0.25) is 14.9 Å². The van der Waals surface area contributed by atoms with Crippen LogP contribution < -0.4 is 4.74 Å². The van der Waals surface area contributed by atoms with Crippen molar-refractivity contribution in [2.45, 2.75) is 6.92 Å². The maximum atomic E-state index is 11.0. The summed E-state index contributed by atoms with van der Waals surface area (Å²) in [6.07, 6.45) is 0. The second-order valence-electron chi connectivity index (χ2n) is 4.92. The number of fused-ring (bicyclic) bond motifs is 1. The van der Waals surface area contributed by atoms with Crippen LogP contribution in [0, 0.1) is 10.1 Å². The summed E-state index contributed by atoms with van der Waals surface area (Å²) in [5.41, 5.74) is 0.960. The molecule has 0 aliphatic carbocycles. The van der Waals surface area contributed by atoms with E-state index < -0.39 is 10.9 Å². The summed E-state index contributed by atoms with van der Waals surface area (Å²) < 4.78 is 5.01. The summed E-state index contributed by atoms with van der Waals surface area (Å²) in [6, 6.07) is 10.8. The van der Waals surface area contributed by atoms with Gasteiger partial charge in [-0.05, 0) is 18.2 Å². The molecule has 0 amide bonds. The van der Waals surface area contributed by atoms with Crippen LogP contribution in [0.2, 0.25) is 5.15 Å². The van der Waals surface area contributed by atoms with E-state index in [0.29, 0.717) is 22.2 Å². The standard InChI is InChI=1S/C16H10ClN3O4/c1-9(21)24-12-5-6-14-13(8-12)15(17)19-16(18-14)10-3-2-4-11(7-10)20(22)23/h2-8H,1H3. The molecule has 3 rings (SSSR count). The average Bonchev–Trinajstić information content (AvgIpc) is 2.55. The first-order chi connectivity index (χ1) is 11.4. The van der Waals surface area contributed by atoms with Gasteiger partial charge in [0.25, 0.3) is 5.69 Å². The predicted octanol–water partition coefficient (Wildman–Crippen LogP) is 3.78. The monoisotopic (exact) mass is 343 g/mol. The van der Waals surface area contributed by atoms with E-state index in [1.165, 1.54) is 19.1 Å². The van der Waals surface area contributed by atoms with Crippen LogP contribution in [0.25, 0.3) is 22.3 Å². The van der Waals surface area contributed by atoms with Crippen molar-refractivity contribution in [1.29, 1.82) is 0 Å². The van der Waals surface area contributed by atoms with Gasteiger partial charge in [-0.15, -0.1) is 0 Å². The fraction of sp³-hybridized carbons (Fsp3) is 0.0625. The van der Waals surface area contributed by atoms with Gasteiger partial charge in [-0.25, -0.2) is 9.97 Å². The van der Waals surface area contributed by atoms with Crippen molar-refractivity contribution in [3.8, 4) is 17.1 Å². The number of carbonyl (C=O) groups is 1. The van der Waals surface area contributed by atoms with Gasteiger partial charge in [-0.1, -0.05) is 23.7 Å². The number of aromatic nitrogens is 2. The van der Waals surface area contributed by atoms with Gasteiger partial charge in [0.15, 0.2) is 5.82 Å². The summed E-state index contributed by atoms with van der Waals surface area (Å²) in [5, 5.41) is 11.6. The van der Waals surface area contributed by atoms with Crippen LogP contribution in [0.5, 0.6) is 5.75 Å². The number of hydrogen-bond donors (Lipinski definition) is 0. The van der Waals surface area contributed by atoms with Crippen molar-refractivity contribution in [3.05, 3.63) is 57.7 Å². The number of nitrogens with zero attached hydrogens (tertiary/aromatic N) is 3. The topological polar surface area (TPSA) is 95.2 Å². The maximum Gasteiger partial charge on any atom is 0.308 e. The van der Waals surface area contributed by atoms with Gasteiger partial charge in [-0.2, -0.15) is 0 Å². The lowest BCUT2D eigenvalue weighted by molar-refractivity contribution is -0.384. The highest BCUT2D eigenvalue weighted by Crippen LogP contribution is 2.29. The lowest BCUT2D eigenvalue weighted by atomic mass is 10.1. The van der Waals surface area contributed by atoms with Gasteiger partial charge in [0.1, 0.15) is 10.9 Å². The van der Waals surface area contributed by atoms with E-state index in [1.54, 1.807) is 30.3 Å². The largest absolute Gasteiger partial charge is 0.427 e. The Balaban J connectivity index is 2.09. The number of carbonyl (C=O) groups excluding carboxylic acids is 1. The first kappa shape index (κ1) is 15.8. The number of ether oxygens (including phenoxy) is 1. The first-order valence-electron chi connectivity index (χ1n) is 6.84. The second kappa shape index (κ2) is 6.21. The Hall–Kier alpha value is -3.06. The maximum absolute atomic E-state index is 11.0. The Morgan fingerprint density at radius 2 is 2.00 bits per heavy atom. The predicted molar refractivity (Wildman–Crippen MR) is 87.9 cm³/mol. The van der Waals surface area contributed by atoms with Crippen molar-refractivity contribution in [2.75, 3.05) is 0 Å². The van der Waals surface area contributed by atoms with E-state index in [9.17, 15) is 14.9 Å². The molecule has 0 aliphatic rings. The molecule has 0 N–H and O–H groups in total. The van der Waals surface area contributed by atoms with Crippen molar-refractivity contribution in [3.63, 3.8) is 0 Å². The van der Waals surface area contributed by atoms with Crippen LogP contribution in [-0.2, 0) is 4.79 Å². The van der Waals surface area contributed by atoms with Gasteiger partial charge in [0, 0.05) is 30.0 Å². The van der Waals surface area contributed by atoms with E-state index >= 15 is 0 Å². The van der Waals surface area contributed by atoms with Crippen molar-refractivity contribution in [2.24, 2.45) is 0 Å². The smallest absolute Gasteiger partial charge is 0.308 e. The molecule has 0 radical (unpaired) electrons. The van der Waals surface area contributed by atoms with Crippen LogP contribution in [0.1, 0.15) is 6.92 Å². The molecule has 24 heavy (non-hydrogen) atoms. The number of halogens is 1. The van der Waals surface area contributed by atoms with Crippen molar-refractivity contribution >= 4 is 34.2 Å². The molecule has 0 atom stereocenters. The highest BCUT2D eigenvalue weighted by atomic mass is 35.5. The summed E-state index contributed by atoms with van der Waals surface area (Å²) in [7, 11) is 0. The number of nitro benzene ring substituents is 1. The summed E-state index contributed by atoms with van der Waals surface area (Å²) in [6.45, 7) is 1.30. The van der Waals surface area contributed by atoms with E-state index in [1.807, 2.05) is 0 Å². The Labute approximate surface area is 141 Å². The highest BCUT2D eigenvalue weighted by molar-refractivity contribution is 6.34. The SMILES string of the molecule is CC(=O)Oc1ccc2nc(-c3cccc([N+](=O)[O-])c3)nc(Cl)c2c1. The first-order valence-corrected chi connectivity index (χ1v) is 7.22. The Morgan fingerprint density at radius 1 is 1.21 bits per heavy atom. The fourth-order valence-electron chi connectivity index (χ4n) is 2.19. The van der Waals surface area contributed by atoms with E-state index in [-0.39, 0.29) is 16.7 Å². The molecule has 1 aromatic heterocycles. The van der Waals surface area contributed by atoms with E-state index in [4.69, 9.17) is 16.3 Å². The normalized spacial score (nSPS) is 10.6. The van der Waals surface area contributed by atoms with E-state index in [0.717, 1.165) is 0 Å². The third-order valence-electron chi connectivity index (χ3n) is 3.20. The lowest BCUT2D eigenvalue weighted by Gasteiger charge is -2.07. The van der Waals surface area contributed by atoms with Crippen LogP contribution in [0.4, 0.5) is 5.69 Å². The van der Waals surface area contributed by atoms with Crippen LogP contribution in [0.15, 0.2) is 42.5 Å². The van der Waals surface area contributed by atoms with Gasteiger partial charge < -0.3 is 4.74 Å². The lowest BCUT2D eigenvalue weighted by Crippen LogP contribution is -2.01. The minimum Gasteiger partial charge on any atom is -0.427 e. The molecule has 0 spiro atoms. The zero-order valence-corrected chi connectivity index (χ0v) is 13.1. The summed E-state index contributed by atoms with van der Waals surface area (Å²) in [5.74, 6) is 0.166. The van der Waals surface area contributed by atoms with Crippen LogP contribution in [0.3, 0.4) is 0 Å². The average molecular weight is 344 g/mol. The minimum atomic E-state index is -0.489. The molecule has 0 fully saturated rings. The number of hydrogen-bond acceptors (Lipinski definition) is 6. The Kier molecular flexibility index (Phi) is 4.09. The van der Waals surface area contributed by atoms with Crippen molar-refractivity contribution in [1.82, 2.24) is 9.97 Å². The van der Waals surface area contributed by atoms with E-state index in [2.05, 4.69) is 9.97 Å². The molecule has 0 aliphatic heterocycles. The van der Waals surface area contributed by atoms with Crippen LogP contribution >= 0.6 is 11.6 Å². The molecule has 120 valence electrons. The third kappa shape index (κ3) is 3.16. The highest BCUT2D eigenvalue weighted by Gasteiger charge is 2.13. The number of esters is 1. The van der Waals surface area contributed by atoms with Gasteiger partial charge in [0.2, 0.25) is 0 Å². The quantitative estimate of drug-likeness (QED) is 0.236. The number of benzene rings is 2. The molecular weight excluding hydrogens is 334 g/mol. The minimum absolute atomic E-state index is 0.0578. The molecule has 0 saturated heterocycles. The fourth-order valence-corrected chi connectivity index (χ4v) is 2.42. The van der Waals surface area contributed by atoms with Crippen molar-refractivity contribution < 1.29 is 14.5 Å². The number of rotatable bonds is 3. The number of non-ortho nitro benzene ring substituents is 1. The Morgan fingerprint density at radius 3 is 2.71 bits per heavy atom. The molecule has 0 bridgehead atoms. The zero-order valence-electron chi connectivity index (χ0n) is 12.4. The van der Waals surface area contributed by atoms with Gasteiger partial charge in [0.05, 0.1) is 10.4 Å². The van der Waals surface area contributed by atoms with Crippen LogP contribution in [-0.4, -0.2) is 20.9 Å². The Bertz CT molecular complexity index is 975. The molecule has 3 aromatic rings. The molecule has 0 unspecified atom stereocenters. The molecule has 1 heterocycles. The van der Waals surface area contributed by atoms with Gasteiger partial charge >= 0.3 is 5.97 Å². The molecule has 7 nitrogen and oxygen atoms in total. The second-order valence-corrected chi connectivity index (χ2v) is 5.28. The molecule has 8 heteroatoms. The summed E-state index contributed by atoms with van der Waals surface area (Å²) in [4.78, 5) is 30.0. The zero-order chi connectivity index (χ0) is 17.3. The summed E-state index contributed by atoms with van der Waals surface area (Å²) >= 11 is 6.20. The molecule has 2 aromatic carbocycles. The molecule has 0 saturated carbocycles.